The largest absolute Gasteiger partial charge is 0.355 e. The summed E-state index contributed by atoms with van der Waals surface area (Å²) in [6, 6.07) is 3.46. The Morgan fingerprint density at radius 2 is 2.07 bits per heavy atom. The Bertz CT molecular complexity index is 878. The quantitative estimate of drug-likeness (QED) is 0.205. The van der Waals surface area contributed by atoms with Gasteiger partial charge in [0.1, 0.15) is 4.21 Å². The third-order valence-electron chi connectivity index (χ3n) is 4.25. The lowest BCUT2D eigenvalue weighted by atomic mass is 10.1. The van der Waals surface area contributed by atoms with Gasteiger partial charge >= 0.3 is 0 Å². The van der Waals surface area contributed by atoms with Crippen molar-refractivity contribution in [2.75, 3.05) is 20.1 Å². The van der Waals surface area contributed by atoms with Crippen LogP contribution in [0.1, 0.15) is 23.9 Å². The molecule has 3 N–H and O–H groups in total. The average Bonchev–Trinajstić information content (AvgIpc) is 3.23. The first-order valence-electron chi connectivity index (χ1n) is 8.74. The number of hydrogen-bond acceptors (Lipinski definition) is 5. The smallest absolute Gasteiger partial charge is 0.250 e. The molecular formula is C17H29IN6O2S2. The predicted octanol–water partition coefficient (Wildman–Crippen LogP) is 1.79. The zero-order valence-electron chi connectivity index (χ0n) is 16.8. The molecule has 0 aromatic carbocycles. The van der Waals surface area contributed by atoms with Crippen molar-refractivity contribution in [3.63, 3.8) is 0 Å². The van der Waals surface area contributed by atoms with Gasteiger partial charge in [-0.05, 0) is 44.2 Å². The van der Waals surface area contributed by atoms with Crippen molar-refractivity contribution < 1.29 is 8.42 Å². The molecule has 2 aromatic rings. The van der Waals surface area contributed by atoms with E-state index < -0.39 is 10.0 Å². The number of nitrogens with one attached hydrogen (secondary N) is 3. The highest BCUT2D eigenvalue weighted by atomic mass is 127. The number of nitrogens with zero attached hydrogens (tertiary/aromatic N) is 3. The number of thiophene rings is 1. The Morgan fingerprint density at radius 1 is 1.36 bits per heavy atom. The standard InChI is InChI=1S/C17H28N6O2S2.HI/c1-12(11-15-13(2)22-23(5)14(15)3)21-17(18-4)19-8-9-20-27(24,25)16-7-6-10-26-16;/h6-7,10,12,20H,8-9,11H2,1-5H3,(H2,18,19,21);1H. The zero-order valence-corrected chi connectivity index (χ0v) is 20.8. The molecule has 0 saturated heterocycles. The van der Waals surface area contributed by atoms with Crippen molar-refractivity contribution in [3.05, 3.63) is 34.5 Å². The average molecular weight is 540 g/mol. The number of guanidine groups is 1. The molecule has 2 heterocycles. The van der Waals surface area contributed by atoms with Gasteiger partial charge in [0, 0.05) is 38.9 Å². The molecule has 0 radical (unpaired) electrons. The number of aliphatic imine (C=N–C) groups is 1. The van der Waals surface area contributed by atoms with Gasteiger partial charge in [0.2, 0.25) is 10.0 Å². The zero-order chi connectivity index (χ0) is 20.0. The summed E-state index contributed by atoms with van der Waals surface area (Å²) in [6.07, 6.45) is 0.831. The van der Waals surface area contributed by atoms with Gasteiger partial charge in [-0.15, -0.1) is 35.3 Å². The van der Waals surface area contributed by atoms with E-state index in [-0.39, 0.29) is 36.6 Å². The SMILES string of the molecule is CN=C(NCCNS(=O)(=O)c1cccs1)NC(C)Cc1c(C)nn(C)c1C.I. The van der Waals surface area contributed by atoms with Crippen LogP contribution in [-0.2, 0) is 23.5 Å². The molecule has 11 heteroatoms. The minimum absolute atomic E-state index is 0. The molecule has 1 atom stereocenters. The van der Waals surface area contributed by atoms with Crippen LogP contribution in [0.25, 0.3) is 0 Å². The van der Waals surface area contributed by atoms with Crippen LogP contribution in [0.4, 0.5) is 0 Å². The minimum atomic E-state index is -3.43. The third-order valence-corrected chi connectivity index (χ3v) is 7.10. The van der Waals surface area contributed by atoms with Gasteiger partial charge in [-0.3, -0.25) is 9.67 Å². The van der Waals surface area contributed by atoms with Gasteiger partial charge in [0.15, 0.2) is 5.96 Å². The molecule has 0 bridgehead atoms. The Morgan fingerprint density at radius 3 is 2.61 bits per heavy atom. The van der Waals surface area contributed by atoms with Crippen LogP contribution in [0.5, 0.6) is 0 Å². The first-order chi connectivity index (χ1) is 12.7. The van der Waals surface area contributed by atoms with Gasteiger partial charge in [-0.25, -0.2) is 13.1 Å². The molecule has 0 saturated carbocycles. The van der Waals surface area contributed by atoms with Crippen molar-refractivity contribution in [2.45, 2.75) is 37.4 Å². The summed E-state index contributed by atoms with van der Waals surface area (Å²) in [5.74, 6) is 0.636. The lowest BCUT2D eigenvalue weighted by Gasteiger charge is -2.18. The van der Waals surface area contributed by atoms with Crippen LogP contribution in [0.2, 0.25) is 0 Å². The number of rotatable bonds is 8. The Hall–Kier alpha value is -1.18. The summed E-state index contributed by atoms with van der Waals surface area (Å²) < 4.78 is 28.9. The Kier molecular flexibility index (Phi) is 9.87. The number of aromatic nitrogens is 2. The van der Waals surface area contributed by atoms with E-state index in [0.717, 1.165) is 17.8 Å². The number of sulfonamides is 1. The van der Waals surface area contributed by atoms with E-state index in [1.165, 1.54) is 16.9 Å². The molecule has 0 amide bonds. The van der Waals surface area contributed by atoms with E-state index >= 15 is 0 Å². The molecule has 2 aromatic heterocycles. The number of hydrogen-bond donors (Lipinski definition) is 3. The summed E-state index contributed by atoms with van der Waals surface area (Å²) in [4.78, 5) is 4.20. The van der Waals surface area contributed by atoms with Crippen LogP contribution < -0.4 is 15.4 Å². The normalized spacial score (nSPS) is 13.1. The van der Waals surface area contributed by atoms with E-state index in [9.17, 15) is 8.42 Å². The first kappa shape index (κ1) is 24.9. The van der Waals surface area contributed by atoms with E-state index in [1.807, 2.05) is 18.7 Å². The van der Waals surface area contributed by atoms with Crippen LogP contribution in [0.3, 0.4) is 0 Å². The molecule has 0 spiro atoms. The fraction of sp³-hybridized carbons (Fsp3) is 0.529. The summed E-state index contributed by atoms with van der Waals surface area (Å²) >= 11 is 1.20. The predicted molar refractivity (Wildman–Crippen MR) is 125 cm³/mol. The van der Waals surface area contributed by atoms with Crippen LogP contribution in [-0.4, -0.2) is 50.3 Å². The van der Waals surface area contributed by atoms with Crippen molar-refractivity contribution in [1.82, 2.24) is 25.1 Å². The fourth-order valence-electron chi connectivity index (χ4n) is 2.75. The van der Waals surface area contributed by atoms with Gasteiger partial charge in [0.25, 0.3) is 0 Å². The highest BCUT2D eigenvalue weighted by Crippen LogP contribution is 2.15. The lowest BCUT2D eigenvalue weighted by Crippen LogP contribution is -2.45. The van der Waals surface area contributed by atoms with Crippen molar-refractivity contribution in [3.8, 4) is 0 Å². The maximum absolute atomic E-state index is 12.1. The van der Waals surface area contributed by atoms with Gasteiger partial charge in [0.05, 0.1) is 5.69 Å². The molecule has 2 rings (SSSR count). The van der Waals surface area contributed by atoms with Crippen LogP contribution >= 0.6 is 35.3 Å². The summed E-state index contributed by atoms with van der Waals surface area (Å²) in [6.45, 7) is 6.87. The Balaban J connectivity index is 0.00000392. The van der Waals surface area contributed by atoms with Crippen molar-refractivity contribution >= 4 is 51.3 Å². The second kappa shape index (κ2) is 11.1. The van der Waals surface area contributed by atoms with E-state index in [1.54, 1.807) is 24.6 Å². The van der Waals surface area contributed by atoms with Gasteiger partial charge < -0.3 is 10.6 Å². The molecular weight excluding hydrogens is 511 g/mol. The molecule has 0 aliphatic heterocycles. The van der Waals surface area contributed by atoms with E-state index in [4.69, 9.17) is 0 Å². The van der Waals surface area contributed by atoms with Crippen LogP contribution in [0.15, 0.2) is 26.7 Å². The molecule has 158 valence electrons. The highest BCUT2D eigenvalue weighted by Gasteiger charge is 2.15. The van der Waals surface area contributed by atoms with Gasteiger partial charge in [-0.2, -0.15) is 5.10 Å². The summed E-state index contributed by atoms with van der Waals surface area (Å²) in [5, 5.41) is 12.7. The lowest BCUT2D eigenvalue weighted by molar-refractivity contribution is 0.581. The van der Waals surface area contributed by atoms with Crippen molar-refractivity contribution in [1.29, 1.82) is 0 Å². The number of halogens is 1. The fourth-order valence-corrected chi connectivity index (χ4v) is 4.82. The monoisotopic (exact) mass is 540 g/mol. The van der Waals surface area contributed by atoms with E-state index in [0.29, 0.717) is 16.7 Å². The minimum Gasteiger partial charge on any atom is -0.355 e. The van der Waals surface area contributed by atoms with Crippen molar-refractivity contribution in [2.24, 2.45) is 12.0 Å². The van der Waals surface area contributed by atoms with Gasteiger partial charge in [-0.1, -0.05) is 6.07 Å². The summed E-state index contributed by atoms with van der Waals surface area (Å²) in [5.41, 5.74) is 3.43. The second-order valence-corrected chi connectivity index (χ2v) is 9.29. The molecule has 8 nitrogen and oxygen atoms in total. The molecule has 0 aliphatic carbocycles. The maximum atomic E-state index is 12.1. The topological polar surface area (TPSA) is 100 Å². The molecule has 0 aliphatic rings. The van der Waals surface area contributed by atoms with Crippen LogP contribution in [0, 0.1) is 13.8 Å². The highest BCUT2D eigenvalue weighted by molar-refractivity contribution is 14.0. The Labute approximate surface area is 188 Å². The van der Waals surface area contributed by atoms with E-state index in [2.05, 4.69) is 39.3 Å². The molecule has 28 heavy (non-hydrogen) atoms. The number of aryl methyl sites for hydroxylation is 2. The maximum Gasteiger partial charge on any atom is 0.250 e. The molecule has 0 fully saturated rings. The first-order valence-corrected chi connectivity index (χ1v) is 11.1. The molecule has 1 unspecified atom stereocenters. The second-order valence-electron chi connectivity index (χ2n) is 6.35. The third kappa shape index (κ3) is 6.71. The summed E-state index contributed by atoms with van der Waals surface area (Å²) in [7, 11) is 0.205.